The van der Waals surface area contributed by atoms with Crippen LogP contribution in [0.1, 0.15) is 27.2 Å². The van der Waals surface area contributed by atoms with Gasteiger partial charge < -0.3 is 9.84 Å². The third kappa shape index (κ3) is 5.40. The number of β-amino-alcohol motifs (C(OH)–C–C–N with tert-alkyl or cyclic N) is 1. The van der Waals surface area contributed by atoms with E-state index in [4.69, 9.17) is 16.3 Å². The quantitative estimate of drug-likeness (QED) is 0.521. The Morgan fingerprint density at radius 3 is 2.69 bits per heavy atom. The van der Waals surface area contributed by atoms with Crippen LogP contribution in [0.15, 0.2) is 53.6 Å². The molecule has 3 heterocycles. The van der Waals surface area contributed by atoms with Crippen LogP contribution in [0.5, 0.6) is 5.75 Å². The zero-order chi connectivity index (χ0) is 22.7. The molecule has 1 saturated heterocycles. The Bertz CT molecular complexity index is 1170. The molecule has 9 heteroatoms. The number of aromatic nitrogens is 3. The number of nitrogens with zero attached hydrogens (tertiary/aromatic N) is 4. The lowest BCUT2D eigenvalue weighted by Gasteiger charge is -2.35. The molecular weight excluding hydrogens is 432 g/mol. The number of aryl methyl sites for hydroxylation is 1. The average Bonchev–Trinajstić information content (AvgIpc) is 2.74. The predicted octanol–water partition coefficient (Wildman–Crippen LogP) is 2.24. The van der Waals surface area contributed by atoms with Crippen LogP contribution in [0.3, 0.4) is 0 Å². The standard InChI is InChI=1S/C23H23ClN4O4/c1-15-6-16(10-27-11-19(29)12-27)2-5-21(15)22(30)13-28-23(31)7-20(9-26-28)32-14-18-4-3-17(24)8-25-18/h2-9,19,29H,10-14H2,1H3. The van der Waals surface area contributed by atoms with E-state index in [0.29, 0.717) is 35.1 Å². The maximum Gasteiger partial charge on any atom is 0.270 e. The predicted molar refractivity (Wildman–Crippen MR) is 119 cm³/mol. The van der Waals surface area contributed by atoms with E-state index in [9.17, 15) is 14.7 Å². The third-order valence-corrected chi connectivity index (χ3v) is 5.47. The minimum atomic E-state index is -0.425. The van der Waals surface area contributed by atoms with Crippen molar-refractivity contribution < 1.29 is 14.6 Å². The number of hydrogen-bond donors (Lipinski definition) is 1. The van der Waals surface area contributed by atoms with Crippen LogP contribution < -0.4 is 10.3 Å². The molecule has 0 spiro atoms. The van der Waals surface area contributed by atoms with Gasteiger partial charge in [-0.1, -0.05) is 29.8 Å². The summed E-state index contributed by atoms with van der Waals surface area (Å²) in [7, 11) is 0. The number of aliphatic hydroxyl groups excluding tert-OH is 1. The highest BCUT2D eigenvalue weighted by Crippen LogP contribution is 2.17. The lowest BCUT2D eigenvalue weighted by Crippen LogP contribution is -2.49. The van der Waals surface area contributed by atoms with Crippen molar-refractivity contribution in [3.63, 3.8) is 0 Å². The van der Waals surface area contributed by atoms with Crippen LogP contribution in [-0.2, 0) is 19.7 Å². The van der Waals surface area contributed by atoms with Gasteiger partial charge in [0.2, 0.25) is 0 Å². The number of carbonyl (C=O) groups is 1. The first kappa shape index (κ1) is 22.1. The summed E-state index contributed by atoms with van der Waals surface area (Å²) in [4.78, 5) is 31.4. The molecule has 32 heavy (non-hydrogen) atoms. The van der Waals surface area contributed by atoms with Crippen molar-refractivity contribution in [2.75, 3.05) is 13.1 Å². The Morgan fingerprint density at radius 1 is 1.22 bits per heavy atom. The molecule has 0 radical (unpaired) electrons. The van der Waals surface area contributed by atoms with E-state index in [1.54, 1.807) is 18.2 Å². The summed E-state index contributed by atoms with van der Waals surface area (Å²) in [5, 5.41) is 14.0. The number of Topliss-reactive ketones (excluding diaryl/α,β-unsaturated/α-hetero) is 1. The second-order valence-corrected chi connectivity index (χ2v) is 8.30. The maximum atomic E-state index is 12.8. The van der Waals surface area contributed by atoms with E-state index in [2.05, 4.69) is 15.0 Å². The maximum absolute atomic E-state index is 12.8. The molecule has 0 bridgehead atoms. The van der Waals surface area contributed by atoms with E-state index >= 15 is 0 Å². The molecule has 1 aromatic carbocycles. The van der Waals surface area contributed by atoms with Crippen LogP contribution in [0.25, 0.3) is 0 Å². The van der Waals surface area contributed by atoms with Gasteiger partial charge in [-0.25, -0.2) is 4.68 Å². The van der Waals surface area contributed by atoms with Crippen LogP contribution in [0.2, 0.25) is 5.02 Å². The normalized spacial score (nSPS) is 14.2. The smallest absolute Gasteiger partial charge is 0.270 e. The van der Waals surface area contributed by atoms with Gasteiger partial charge in [-0.15, -0.1) is 0 Å². The molecule has 1 aliphatic heterocycles. The number of ketones is 1. The Kier molecular flexibility index (Phi) is 6.64. The zero-order valence-electron chi connectivity index (χ0n) is 17.6. The van der Waals surface area contributed by atoms with E-state index in [0.717, 1.165) is 22.4 Å². The number of ether oxygens (including phenoxy) is 1. The van der Waals surface area contributed by atoms with Gasteiger partial charge in [-0.3, -0.25) is 19.5 Å². The Balaban J connectivity index is 1.37. The minimum absolute atomic E-state index is 0.156. The van der Waals surface area contributed by atoms with Crippen molar-refractivity contribution in [3.8, 4) is 5.75 Å². The first-order valence-electron chi connectivity index (χ1n) is 10.2. The molecule has 1 N–H and O–H groups in total. The van der Waals surface area contributed by atoms with Crippen LogP contribution in [0.4, 0.5) is 0 Å². The number of likely N-dealkylation sites (tertiary alicyclic amines) is 1. The zero-order valence-corrected chi connectivity index (χ0v) is 18.3. The topological polar surface area (TPSA) is 97.6 Å². The van der Waals surface area contributed by atoms with E-state index < -0.39 is 5.56 Å². The highest BCUT2D eigenvalue weighted by molar-refractivity contribution is 6.30. The first-order valence-corrected chi connectivity index (χ1v) is 10.6. The van der Waals surface area contributed by atoms with Crippen molar-refractivity contribution in [2.24, 2.45) is 0 Å². The number of benzene rings is 1. The molecule has 1 aliphatic rings. The van der Waals surface area contributed by atoms with Gasteiger partial charge in [0.05, 0.1) is 23.0 Å². The fourth-order valence-electron chi connectivity index (χ4n) is 3.55. The van der Waals surface area contributed by atoms with Gasteiger partial charge >= 0.3 is 0 Å². The second kappa shape index (κ2) is 9.60. The summed E-state index contributed by atoms with van der Waals surface area (Å²) < 4.78 is 6.67. The van der Waals surface area contributed by atoms with Gasteiger partial charge in [-0.05, 0) is 30.2 Å². The molecule has 8 nitrogen and oxygen atoms in total. The Hall–Kier alpha value is -3.07. The Morgan fingerprint density at radius 2 is 2.03 bits per heavy atom. The summed E-state index contributed by atoms with van der Waals surface area (Å²) in [6.45, 7) is 3.97. The van der Waals surface area contributed by atoms with E-state index in [-0.39, 0.29) is 25.0 Å². The molecule has 2 aromatic heterocycles. The van der Waals surface area contributed by atoms with Crippen molar-refractivity contribution >= 4 is 17.4 Å². The molecular formula is C23H23ClN4O4. The van der Waals surface area contributed by atoms with Crippen molar-refractivity contribution in [1.82, 2.24) is 19.7 Å². The van der Waals surface area contributed by atoms with E-state index in [1.165, 1.54) is 18.5 Å². The summed E-state index contributed by atoms with van der Waals surface area (Å²) >= 11 is 5.81. The summed E-state index contributed by atoms with van der Waals surface area (Å²) in [5.74, 6) is 0.106. The molecule has 0 unspecified atom stereocenters. The van der Waals surface area contributed by atoms with Crippen molar-refractivity contribution in [3.05, 3.63) is 86.6 Å². The number of aliphatic hydroxyl groups is 1. The van der Waals surface area contributed by atoms with Crippen LogP contribution >= 0.6 is 11.6 Å². The summed E-state index contributed by atoms with van der Waals surface area (Å²) in [5.41, 5.74) is 2.72. The highest BCUT2D eigenvalue weighted by atomic mass is 35.5. The lowest BCUT2D eigenvalue weighted by molar-refractivity contribution is -0.00286. The first-order chi connectivity index (χ1) is 15.4. The number of hydrogen-bond acceptors (Lipinski definition) is 7. The number of pyridine rings is 1. The monoisotopic (exact) mass is 454 g/mol. The fraction of sp³-hybridized carbons (Fsp3) is 0.304. The number of rotatable bonds is 8. The summed E-state index contributed by atoms with van der Waals surface area (Å²) in [6.07, 6.45) is 2.68. The molecule has 0 amide bonds. The molecule has 4 rings (SSSR count). The molecule has 0 saturated carbocycles. The van der Waals surface area contributed by atoms with E-state index in [1.807, 2.05) is 19.1 Å². The van der Waals surface area contributed by atoms with Gasteiger partial charge in [0, 0.05) is 37.5 Å². The van der Waals surface area contributed by atoms with Crippen molar-refractivity contribution in [2.45, 2.75) is 32.7 Å². The third-order valence-electron chi connectivity index (χ3n) is 5.25. The lowest BCUT2D eigenvalue weighted by atomic mass is 10.0. The van der Waals surface area contributed by atoms with Crippen LogP contribution in [0, 0.1) is 6.92 Å². The highest BCUT2D eigenvalue weighted by Gasteiger charge is 2.24. The number of halogens is 1. The number of carbonyl (C=O) groups excluding carboxylic acids is 1. The van der Waals surface area contributed by atoms with Gasteiger partial charge in [0.15, 0.2) is 5.78 Å². The largest absolute Gasteiger partial charge is 0.485 e. The second-order valence-electron chi connectivity index (χ2n) is 7.86. The SMILES string of the molecule is Cc1cc(CN2CC(O)C2)ccc1C(=O)Cn1ncc(OCc2ccc(Cl)cn2)cc1=O. The molecule has 166 valence electrons. The average molecular weight is 455 g/mol. The van der Waals surface area contributed by atoms with Gasteiger partial charge in [0.25, 0.3) is 5.56 Å². The van der Waals surface area contributed by atoms with Crippen LogP contribution in [-0.4, -0.2) is 49.7 Å². The van der Waals surface area contributed by atoms with Gasteiger partial charge in [0.1, 0.15) is 18.9 Å². The van der Waals surface area contributed by atoms with Crippen molar-refractivity contribution in [1.29, 1.82) is 0 Å². The molecule has 0 aliphatic carbocycles. The summed E-state index contributed by atoms with van der Waals surface area (Å²) in [6, 6.07) is 10.4. The minimum Gasteiger partial charge on any atom is -0.485 e. The fourth-order valence-corrected chi connectivity index (χ4v) is 3.66. The molecule has 1 fully saturated rings. The molecule has 0 atom stereocenters. The van der Waals surface area contributed by atoms with Gasteiger partial charge in [-0.2, -0.15) is 5.10 Å². The molecule has 3 aromatic rings. The Labute approximate surface area is 190 Å².